The SMILES string of the molecule is CC1C(=O)NC(=O)CC12C1CCC2Cc2ccccc2C1. The first-order chi connectivity index (χ1) is 10.1. The summed E-state index contributed by atoms with van der Waals surface area (Å²) in [7, 11) is 0. The van der Waals surface area contributed by atoms with Gasteiger partial charge in [0, 0.05) is 12.3 Å². The van der Waals surface area contributed by atoms with Crippen LogP contribution < -0.4 is 5.32 Å². The molecule has 1 N–H and O–H groups in total. The minimum atomic E-state index is -0.113. The van der Waals surface area contributed by atoms with Crippen LogP contribution in [0.1, 0.15) is 37.3 Å². The van der Waals surface area contributed by atoms with Gasteiger partial charge in [0.15, 0.2) is 0 Å². The normalized spacial score (nSPS) is 38.0. The molecule has 3 heteroatoms. The van der Waals surface area contributed by atoms with Crippen LogP contribution in [0.15, 0.2) is 24.3 Å². The van der Waals surface area contributed by atoms with Gasteiger partial charge in [-0.2, -0.15) is 0 Å². The van der Waals surface area contributed by atoms with E-state index in [0.29, 0.717) is 18.3 Å². The van der Waals surface area contributed by atoms with Gasteiger partial charge in [-0.05, 0) is 54.1 Å². The lowest BCUT2D eigenvalue weighted by molar-refractivity contribution is -0.147. The Kier molecular flexibility index (Phi) is 2.75. The van der Waals surface area contributed by atoms with E-state index in [0.717, 1.165) is 25.7 Å². The second-order valence-corrected chi connectivity index (χ2v) is 7.07. The Morgan fingerprint density at radius 1 is 1.05 bits per heavy atom. The van der Waals surface area contributed by atoms with Crippen molar-refractivity contribution in [3.05, 3.63) is 35.4 Å². The summed E-state index contributed by atoms with van der Waals surface area (Å²) >= 11 is 0. The van der Waals surface area contributed by atoms with Crippen molar-refractivity contribution in [3.63, 3.8) is 0 Å². The van der Waals surface area contributed by atoms with Crippen molar-refractivity contribution in [1.29, 1.82) is 0 Å². The van der Waals surface area contributed by atoms with E-state index in [2.05, 4.69) is 29.6 Å². The molecule has 110 valence electrons. The second kappa shape index (κ2) is 4.43. The van der Waals surface area contributed by atoms with Crippen LogP contribution in [-0.4, -0.2) is 11.8 Å². The monoisotopic (exact) mass is 283 g/mol. The maximum atomic E-state index is 12.3. The summed E-state index contributed by atoms with van der Waals surface area (Å²) in [6, 6.07) is 8.65. The van der Waals surface area contributed by atoms with Crippen LogP contribution in [0.4, 0.5) is 0 Å². The maximum Gasteiger partial charge on any atom is 0.229 e. The van der Waals surface area contributed by atoms with Crippen molar-refractivity contribution in [1.82, 2.24) is 5.32 Å². The Balaban J connectivity index is 1.81. The third-order valence-electron chi connectivity index (χ3n) is 6.36. The molecule has 2 fully saturated rings. The van der Waals surface area contributed by atoms with Gasteiger partial charge in [-0.25, -0.2) is 0 Å². The highest BCUT2D eigenvalue weighted by molar-refractivity contribution is 5.99. The summed E-state index contributed by atoms with van der Waals surface area (Å²) in [5.74, 6) is 0.754. The first-order valence-electron chi connectivity index (χ1n) is 8.01. The molecule has 3 atom stereocenters. The molecule has 4 rings (SSSR count). The molecule has 1 saturated carbocycles. The van der Waals surface area contributed by atoms with Crippen LogP contribution in [-0.2, 0) is 22.4 Å². The van der Waals surface area contributed by atoms with Gasteiger partial charge in [-0.3, -0.25) is 14.9 Å². The van der Waals surface area contributed by atoms with Gasteiger partial charge < -0.3 is 0 Å². The molecular weight excluding hydrogens is 262 g/mol. The predicted octanol–water partition coefficient (Wildman–Crippen LogP) is 2.48. The van der Waals surface area contributed by atoms with Crippen molar-refractivity contribution in [3.8, 4) is 0 Å². The lowest BCUT2D eigenvalue weighted by Crippen LogP contribution is -2.55. The van der Waals surface area contributed by atoms with Crippen molar-refractivity contribution in [2.45, 2.75) is 39.0 Å². The zero-order chi connectivity index (χ0) is 14.6. The van der Waals surface area contributed by atoms with Crippen molar-refractivity contribution >= 4 is 11.8 Å². The van der Waals surface area contributed by atoms with E-state index < -0.39 is 0 Å². The Labute approximate surface area is 125 Å². The van der Waals surface area contributed by atoms with Crippen LogP contribution >= 0.6 is 0 Å². The van der Waals surface area contributed by atoms with Crippen LogP contribution in [0.3, 0.4) is 0 Å². The molecule has 1 saturated heterocycles. The van der Waals surface area contributed by atoms with Gasteiger partial charge in [-0.1, -0.05) is 31.2 Å². The molecule has 2 amide bonds. The van der Waals surface area contributed by atoms with E-state index in [4.69, 9.17) is 0 Å². The van der Waals surface area contributed by atoms with Crippen LogP contribution in [0, 0.1) is 23.2 Å². The zero-order valence-electron chi connectivity index (χ0n) is 12.4. The summed E-state index contributed by atoms with van der Waals surface area (Å²) < 4.78 is 0. The smallest absolute Gasteiger partial charge is 0.229 e. The number of carbonyl (C=O) groups is 2. The van der Waals surface area contributed by atoms with Gasteiger partial charge in [-0.15, -0.1) is 0 Å². The molecule has 1 heterocycles. The van der Waals surface area contributed by atoms with Crippen LogP contribution in [0.25, 0.3) is 0 Å². The third-order valence-corrected chi connectivity index (χ3v) is 6.36. The lowest BCUT2D eigenvalue weighted by atomic mass is 9.59. The number of hydrogen-bond donors (Lipinski definition) is 1. The summed E-state index contributed by atoms with van der Waals surface area (Å²) in [6.07, 6.45) is 4.90. The Bertz CT molecular complexity index is 588. The largest absolute Gasteiger partial charge is 0.296 e. The first-order valence-corrected chi connectivity index (χ1v) is 8.01. The molecule has 1 aromatic carbocycles. The lowest BCUT2D eigenvalue weighted by Gasteiger charge is -2.45. The molecule has 3 unspecified atom stereocenters. The molecule has 3 aliphatic rings. The highest BCUT2D eigenvalue weighted by atomic mass is 16.2. The van der Waals surface area contributed by atoms with Crippen LogP contribution in [0.5, 0.6) is 0 Å². The summed E-state index contributed by atoms with van der Waals surface area (Å²) in [5, 5.41) is 2.53. The fourth-order valence-corrected chi connectivity index (χ4v) is 5.30. The number of rotatable bonds is 0. The van der Waals surface area contributed by atoms with E-state index in [1.165, 1.54) is 11.1 Å². The summed E-state index contributed by atoms with van der Waals surface area (Å²) in [6.45, 7) is 2.03. The molecule has 1 aromatic rings. The molecule has 21 heavy (non-hydrogen) atoms. The molecular formula is C18H21NO2. The van der Waals surface area contributed by atoms with Crippen molar-refractivity contribution in [2.24, 2.45) is 23.2 Å². The highest BCUT2D eigenvalue weighted by Crippen LogP contribution is 2.59. The number of carbonyl (C=O) groups excluding carboxylic acids is 2. The number of imide groups is 1. The summed E-state index contributed by atoms with van der Waals surface area (Å²) in [5.41, 5.74) is 2.74. The zero-order valence-corrected chi connectivity index (χ0v) is 12.4. The number of nitrogens with one attached hydrogen (secondary N) is 1. The fourth-order valence-electron chi connectivity index (χ4n) is 5.30. The topological polar surface area (TPSA) is 46.2 Å². The molecule has 0 radical (unpaired) electrons. The minimum absolute atomic E-state index is 0.0537. The van der Waals surface area contributed by atoms with Crippen molar-refractivity contribution < 1.29 is 9.59 Å². The quantitative estimate of drug-likeness (QED) is 0.744. The van der Waals surface area contributed by atoms with Gasteiger partial charge in [0.05, 0.1) is 0 Å². The third kappa shape index (κ3) is 1.73. The summed E-state index contributed by atoms with van der Waals surface area (Å²) in [4.78, 5) is 24.3. The Morgan fingerprint density at radius 3 is 2.19 bits per heavy atom. The number of hydrogen-bond acceptors (Lipinski definition) is 2. The standard InChI is InChI=1S/C18H21NO2/c1-11-17(21)19-16(20)10-18(11)14-6-7-15(18)9-13-5-3-2-4-12(13)8-14/h2-5,11,14-15H,6-10H2,1H3,(H,19,20,21). The average molecular weight is 283 g/mol. The molecule has 1 aliphatic heterocycles. The molecule has 0 aromatic heterocycles. The fraction of sp³-hybridized carbons (Fsp3) is 0.556. The molecule has 2 aliphatic carbocycles. The Morgan fingerprint density at radius 2 is 1.62 bits per heavy atom. The van der Waals surface area contributed by atoms with E-state index in [1.54, 1.807) is 0 Å². The Hall–Kier alpha value is -1.64. The first kappa shape index (κ1) is 13.1. The average Bonchev–Trinajstić information content (AvgIpc) is 2.68. The van der Waals surface area contributed by atoms with Crippen LogP contribution in [0.2, 0.25) is 0 Å². The highest BCUT2D eigenvalue weighted by Gasteiger charge is 2.58. The van der Waals surface area contributed by atoms with E-state index in [9.17, 15) is 9.59 Å². The van der Waals surface area contributed by atoms with Gasteiger partial charge in [0.25, 0.3) is 0 Å². The number of fused-ring (bicyclic) bond motifs is 1. The number of amides is 2. The van der Waals surface area contributed by atoms with Gasteiger partial charge in [0.2, 0.25) is 11.8 Å². The van der Waals surface area contributed by atoms with Crippen molar-refractivity contribution in [2.75, 3.05) is 0 Å². The number of piperidine rings is 1. The van der Waals surface area contributed by atoms with E-state index in [1.807, 2.05) is 6.92 Å². The molecule has 3 nitrogen and oxygen atoms in total. The van der Waals surface area contributed by atoms with E-state index in [-0.39, 0.29) is 23.1 Å². The van der Waals surface area contributed by atoms with E-state index >= 15 is 0 Å². The minimum Gasteiger partial charge on any atom is -0.296 e. The molecule has 1 spiro atoms. The molecule has 2 bridgehead atoms. The second-order valence-electron chi connectivity index (χ2n) is 7.07. The van der Waals surface area contributed by atoms with Gasteiger partial charge >= 0.3 is 0 Å². The van der Waals surface area contributed by atoms with Gasteiger partial charge in [0.1, 0.15) is 0 Å². The number of benzene rings is 1. The predicted molar refractivity (Wildman–Crippen MR) is 79.4 cm³/mol. The maximum absolute atomic E-state index is 12.3.